The van der Waals surface area contributed by atoms with Gasteiger partial charge in [-0.25, -0.2) is 9.78 Å². The maximum Gasteiger partial charge on any atom is 0.355 e. The highest BCUT2D eigenvalue weighted by Gasteiger charge is 2.48. The molecule has 1 saturated carbocycles. The summed E-state index contributed by atoms with van der Waals surface area (Å²) in [5, 5.41) is 20.1. The molecule has 15 heavy (non-hydrogen) atoms. The van der Waals surface area contributed by atoms with E-state index in [4.69, 9.17) is 5.11 Å². The summed E-state index contributed by atoms with van der Waals surface area (Å²) in [6.45, 7) is 2.01. The van der Waals surface area contributed by atoms with E-state index in [-0.39, 0.29) is 11.6 Å². The second kappa shape index (κ2) is 3.31. The Morgan fingerprint density at radius 1 is 1.87 bits per heavy atom. The number of hydrogen-bond acceptors (Lipinski definition) is 4. The minimum absolute atomic E-state index is 0.0451. The third-order valence-corrected chi connectivity index (χ3v) is 4.14. The third kappa shape index (κ3) is 1.33. The number of aromatic carboxylic acids is 1. The summed E-state index contributed by atoms with van der Waals surface area (Å²) in [6.07, 6.45) is 1.80. The smallest absolute Gasteiger partial charge is 0.355 e. The molecule has 1 aromatic heterocycles. The van der Waals surface area contributed by atoms with Gasteiger partial charge in [0.05, 0.1) is 6.07 Å². The van der Waals surface area contributed by atoms with Crippen LogP contribution in [0.25, 0.3) is 0 Å². The molecule has 1 aliphatic rings. The normalized spacial score (nSPS) is 29.2. The first-order chi connectivity index (χ1) is 7.10. The van der Waals surface area contributed by atoms with E-state index in [2.05, 4.69) is 11.1 Å². The van der Waals surface area contributed by atoms with Gasteiger partial charge in [0.1, 0.15) is 10.4 Å². The molecule has 1 heterocycles. The number of carbonyl (C=O) groups is 1. The number of carboxylic acids is 1. The van der Waals surface area contributed by atoms with Crippen LogP contribution in [0.5, 0.6) is 0 Å². The van der Waals surface area contributed by atoms with Crippen molar-refractivity contribution in [3.05, 3.63) is 16.1 Å². The van der Waals surface area contributed by atoms with Gasteiger partial charge in [-0.2, -0.15) is 5.26 Å². The molecule has 4 nitrogen and oxygen atoms in total. The van der Waals surface area contributed by atoms with Crippen molar-refractivity contribution in [2.45, 2.75) is 25.2 Å². The van der Waals surface area contributed by atoms with Crippen LogP contribution in [0.15, 0.2) is 5.38 Å². The summed E-state index contributed by atoms with van der Waals surface area (Å²) in [4.78, 5) is 14.7. The first kappa shape index (κ1) is 10.1. The largest absolute Gasteiger partial charge is 0.476 e. The highest BCUT2D eigenvalue weighted by Crippen LogP contribution is 2.48. The molecule has 5 heteroatoms. The lowest BCUT2D eigenvalue weighted by atomic mass is 9.62. The zero-order chi connectivity index (χ0) is 11.1. The van der Waals surface area contributed by atoms with E-state index in [0.717, 1.165) is 12.8 Å². The molecule has 1 aromatic rings. The lowest BCUT2D eigenvalue weighted by molar-refractivity contribution is 0.0690. The molecule has 0 bridgehead atoms. The monoisotopic (exact) mass is 222 g/mol. The van der Waals surface area contributed by atoms with Crippen molar-refractivity contribution in [1.82, 2.24) is 4.98 Å². The first-order valence-corrected chi connectivity index (χ1v) is 5.58. The highest BCUT2D eigenvalue weighted by molar-refractivity contribution is 7.10. The molecular formula is C10H10N2O2S. The van der Waals surface area contributed by atoms with Gasteiger partial charge in [0, 0.05) is 5.38 Å². The van der Waals surface area contributed by atoms with Crippen LogP contribution >= 0.6 is 11.3 Å². The fourth-order valence-electron chi connectivity index (χ4n) is 1.83. The lowest BCUT2D eigenvalue weighted by Gasteiger charge is -2.40. The van der Waals surface area contributed by atoms with Gasteiger partial charge < -0.3 is 5.11 Å². The van der Waals surface area contributed by atoms with Crippen LogP contribution in [0, 0.1) is 17.2 Å². The number of hydrogen-bond donors (Lipinski definition) is 1. The number of nitriles is 1. The van der Waals surface area contributed by atoms with E-state index in [9.17, 15) is 10.1 Å². The quantitative estimate of drug-likeness (QED) is 0.830. The standard InChI is InChI=1S/C10H10N2O2S/c1-6-2-3-10(6,5-11)9-12-7(4-15-9)8(13)14/h4,6H,2-3H2,1H3,(H,13,14). The molecule has 1 fully saturated rings. The summed E-state index contributed by atoms with van der Waals surface area (Å²) in [7, 11) is 0. The Balaban J connectivity index is 2.37. The van der Waals surface area contributed by atoms with Gasteiger partial charge in [-0.15, -0.1) is 11.3 Å². The summed E-state index contributed by atoms with van der Waals surface area (Å²) < 4.78 is 0. The molecule has 1 aliphatic carbocycles. The number of aromatic nitrogens is 1. The summed E-state index contributed by atoms with van der Waals surface area (Å²) in [5.74, 6) is -0.757. The molecule has 0 aliphatic heterocycles. The van der Waals surface area contributed by atoms with Crippen LogP contribution in [0.2, 0.25) is 0 Å². The SMILES string of the molecule is CC1CCC1(C#N)c1nc(C(=O)O)cs1. The van der Waals surface area contributed by atoms with Crippen LogP contribution in [0.4, 0.5) is 0 Å². The van der Waals surface area contributed by atoms with Gasteiger partial charge in [0.15, 0.2) is 5.69 Å². The van der Waals surface area contributed by atoms with E-state index < -0.39 is 11.4 Å². The van der Waals surface area contributed by atoms with Gasteiger partial charge >= 0.3 is 5.97 Å². The van der Waals surface area contributed by atoms with E-state index in [1.165, 1.54) is 16.7 Å². The van der Waals surface area contributed by atoms with Gasteiger partial charge in [0.25, 0.3) is 0 Å². The Labute approximate surface area is 91.2 Å². The van der Waals surface area contributed by atoms with Crippen molar-refractivity contribution in [2.75, 3.05) is 0 Å². The van der Waals surface area contributed by atoms with Crippen molar-refractivity contribution in [1.29, 1.82) is 5.26 Å². The Kier molecular flexibility index (Phi) is 2.24. The predicted molar refractivity (Wildman–Crippen MR) is 54.8 cm³/mol. The second-order valence-corrected chi connectivity index (χ2v) is 4.72. The molecule has 1 N–H and O–H groups in total. The van der Waals surface area contributed by atoms with Gasteiger partial charge in [0.2, 0.25) is 0 Å². The molecule has 2 unspecified atom stereocenters. The van der Waals surface area contributed by atoms with Crippen LogP contribution < -0.4 is 0 Å². The van der Waals surface area contributed by atoms with E-state index >= 15 is 0 Å². The fourth-order valence-corrected chi connectivity index (χ4v) is 2.92. The zero-order valence-electron chi connectivity index (χ0n) is 8.23. The lowest BCUT2D eigenvalue weighted by Crippen LogP contribution is -2.41. The Bertz CT molecular complexity index is 449. The molecule has 2 rings (SSSR count). The summed E-state index contributed by atoms with van der Waals surface area (Å²) in [6, 6.07) is 2.29. The molecule has 0 amide bonds. The maximum absolute atomic E-state index is 10.7. The van der Waals surface area contributed by atoms with Crippen molar-refractivity contribution in [2.24, 2.45) is 5.92 Å². The highest BCUT2D eigenvalue weighted by atomic mass is 32.1. The Morgan fingerprint density at radius 3 is 2.93 bits per heavy atom. The van der Waals surface area contributed by atoms with Crippen LogP contribution in [-0.2, 0) is 5.41 Å². The Morgan fingerprint density at radius 2 is 2.60 bits per heavy atom. The topological polar surface area (TPSA) is 74.0 Å². The van der Waals surface area contributed by atoms with Crippen LogP contribution in [-0.4, -0.2) is 16.1 Å². The number of rotatable bonds is 2. The first-order valence-electron chi connectivity index (χ1n) is 4.70. The van der Waals surface area contributed by atoms with Crippen LogP contribution in [0.1, 0.15) is 35.3 Å². The molecule has 0 radical (unpaired) electrons. The zero-order valence-corrected chi connectivity index (χ0v) is 9.04. The molecule has 2 atom stereocenters. The fraction of sp³-hybridized carbons (Fsp3) is 0.500. The number of thiazole rings is 1. The van der Waals surface area contributed by atoms with E-state index in [1.54, 1.807) is 0 Å². The van der Waals surface area contributed by atoms with Crippen LogP contribution in [0.3, 0.4) is 0 Å². The van der Waals surface area contributed by atoms with E-state index in [0.29, 0.717) is 5.01 Å². The van der Waals surface area contributed by atoms with Crippen molar-refractivity contribution >= 4 is 17.3 Å². The Hall–Kier alpha value is -1.41. The average molecular weight is 222 g/mol. The average Bonchev–Trinajstić information content (AvgIpc) is 2.67. The molecular weight excluding hydrogens is 212 g/mol. The minimum atomic E-state index is -1.03. The maximum atomic E-state index is 10.7. The number of carboxylic acid groups (broad SMARTS) is 1. The summed E-state index contributed by atoms with van der Waals surface area (Å²) >= 11 is 1.27. The van der Waals surface area contributed by atoms with E-state index in [1.807, 2.05) is 6.92 Å². The molecule has 78 valence electrons. The predicted octanol–water partition coefficient (Wildman–Crippen LogP) is 2.03. The van der Waals surface area contributed by atoms with Gasteiger partial charge in [-0.3, -0.25) is 0 Å². The van der Waals surface area contributed by atoms with Crippen molar-refractivity contribution in [3.63, 3.8) is 0 Å². The van der Waals surface area contributed by atoms with Crippen molar-refractivity contribution in [3.8, 4) is 6.07 Å². The van der Waals surface area contributed by atoms with Crippen molar-refractivity contribution < 1.29 is 9.90 Å². The minimum Gasteiger partial charge on any atom is -0.476 e. The second-order valence-electron chi connectivity index (χ2n) is 3.87. The molecule has 0 spiro atoms. The molecule has 0 aromatic carbocycles. The molecule has 0 saturated heterocycles. The third-order valence-electron chi connectivity index (χ3n) is 3.12. The van der Waals surface area contributed by atoms with Gasteiger partial charge in [-0.05, 0) is 18.8 Å². The number of nitrogens with zero attached hydrogens (tertiary/aromatic N) is 2. The summed E-state index contributed by atoms with van der Waals surface area (Å²) in [5.41, 5.74) is -0.484. The van der Waals surface area contributed by atoms with Gasteiger partial charge in [-0.1, -0.05) is 6.92 Å².